The molecule has 0 atom stereocenters. The Balaban J connectivity index is 2.15. The Bertz CT molecular complexity index is 642. The summed E-state index contributed by atoms with van der Waals surface area (Å²) in [6, 6.07) is 8.35. The van der Waals surface area contributed by atoms with E-state index in [4.69, 9.17) is 4.74 Å². The second-order valence-electron chi connectivity index (χ2n) is 6.28. The standard InChI is InChI=1S/C20H28N2O/c1-6-7-8-9-23-18-12-17(5)21-19(13-18)22-20-15(3)10-14(2)11-16(20)4/h10-13H,6-9H2,1-5H3,(H,21,22). The van der Waals surface area contributed by atoms with Crippen LogP contribution in [0.1, 0.15) is 48.6 Å². The van der Waals surface area contributed by atoms with Crippen LogP contribution in [0.5, 0.6) is 5.75 Å². The summed E-state index contributed by atoms with van der Waals surface area (Å²) in [5, 5.41) is 3.46. The lowest BCUT2D eigenvalue weighted by molar-refractivity contribution is 0.306. The average molecular weight is 312 g/mol. The van der Waals surface area contributed by atoms with Crippen molar-refractivity contribution in [2.75, 3.05) is 11.9 Å². The normalized spacial score (nSPS) is 10.7. The maximum absolute atomic E-state index is 5.87. The molecule has 23 heavy (non-hydrogen) atoms. The number of hydrogen-bond acceptors (Lipinski definition) is 3. The monoisotopic (exact) mass is 312 g/mol. The molecule has 0 aliphatic carbocycles. The average Bonchev–Trinajstić information content (AvgIpc) is 2.47. The van der Waals surface area contributed by atoms with Gasteiger partial charge in [0, 0.05) is 23.5 Å². The quantitative estimate of drug-likeness (QED) is 0.673. The molecule has 3 nitrogen and oxygen atoms in total. The highest BCUT2D eigenvalue weighted by Gasteiger charge is 2.07. The second kappa shape index (κ2) is 8.00. The Hall–Kier alpha value is -2.03. The van der Waals surface area contributed by atoms with E-state index in [9.17, 15) is 0 Å². The van der Waals surface area contributed by atoms with E-state index >= 15 is 0 Å². The summed E-state index contributed by atoms with van der Waals surface area (Å²) >= 11 is 0. The van der Waals surface area contributed by atoms with Gasteiger partial charge < -0.3 is 10.1 Å². The highest BCUT2D eigenvalue weighted by atomic mass is 16.5. The summed E-state index contributed by atoms with van der Waals surface area (Å²) in [5.41, 5.74) is 5.84. The number of aryl methyl sites for hydroxylation is 4. The zero-order chi connectivity index (χ0) is 16.8. The number of unbranched alkanes of at least 4 members (excludes halogenated alkanes) is 2. The van der Waals surface area contributed by atoms with Gasteiger partial charge >= 0.3 is 0 Å². The van der Waals surface area contributed by atoms with Gasteiger partial charge in [-0.1, -0.05) is 37.5 Å². The van der Waals surface area contributed by atoms with E-state index in [1.807, 2.05) is 19.1 Å². The van der Waals surface area contributed by atoms with Crippen LogP contribution in [0, 0.1) is 27.7 Å². The number of nitrogens with zero attached hydrogens (tertiary/aromatic N) is 1. The van der Waals surface area contributed by atoms with Crippen molar-refractivity contribution in [3.05, 3.63) is 46.6 Å². The molecule has 0 amide bonds. The number of aromatic nitrogens is 1. The van der Waals surface area contributed by atoms with E-state index < -0.39 is 0 Å². The zero-order valence-corrected chi connectivity index (χ0v) is 15.0. The van der Waals surface area contributed by atoms with Gasteiger partial charge in [-0.25, -0.2) is 4.98 Å². The van der Waals surface area contributed by atoms with Gasteiger partial charge in [0.15, 0.2) is 0 Å². The Kier molecular flexibility index (Phi) is 6.03. The molecule has 0 aliphatic rings. The molecule has 0 spiro atoms. The smallest absolute Gasteiger partial charge is 0.134 e. The minimum Gasteiger partial charge on any atom is -0.493 e. The molecule has 0 unspecified atom stereocenters. The summed E-state index contributed by atoms with van der Waals surface area (Å²) in [6.45, 7) is 11.3. The minimum atomic E-state index is 0.763. The van der Waals surface area contributed by atoms with E-state index in [-0.39, 0.29) is 0 Å². The zero-order valence-electron chi connectivity index (χ0n) is 15.0. The van der Waals surface area contributed by atoms with E-state index in [0.29, 0.717) is 0 Å². The molecule has 2 aromatic rings. The van der Waals surface area contributed by atoms with Gasteiger partial charge in [0.1, 0.15) is 11.6 Å². The van der Waals surface area contributed by atoms with Crippen LogP contribution in [-0.2, 0) is 0 Å². The highest BCUT2D eigenvalue weighted by molar-refractivity contribution is 5.66. The van der Waals surface area contributed by atoms with Gasteiger partial charge in [-0.3, -0.25) is 0 Å². The fourth-order valence-electron chi connectivity index (χ4n) is 2.83. The molecule has 0 radical (unpaired) electrons. The molecule has 1 aromatic heterocycles. The first-order chi connectivity index (χ1) is 11.0. The maximum atomic E-state index is 5.87. The number of benzene rings is 1. The van der Waals surface area contributed by atoms with Crippen LogP contribution in [0.3, 0.4) is 0 Å². The van der Waals surface area contributed by atoms with Crippen molar-refractivity contribution < 1.29 is 4.74 Å². The molecule has 3 heteroatoms. The third-order valence-electron chi connectivity index (χ3n) is 3.87. The van der Waals surface area contributed by atoms with Gasteiger partial charge in [-0.2, -0.15) is 0 Å². The van der Waals surface area contributed by atoms with Gasteiger partial charge in [0.05, 0.1) is 6.61 Å². The van der Waals surface area contributed by atoms with E-state index in [1.54, 1.807) is 0 Å². The fourth-order valence-corrected chi connectivity index (χ4v) is 2.83. The van der Waals surface area contributed by atoms with Crippen LogP contribution in [0.2, 0.25) is 0 Å². The van der Waals surface area contributed by atoms with E-state index in [0.717, 1.165) is 36.0 Å². The van der Waals surface area contributed by atoms with Crippen molar-refractivity contribution in [3.63, 3.8) is 0 Å². The molecular formula is C20H28N2O. The molecule has 1 aromatic carbocycles. The molecular weight excluding hydrogens is 284 g/mol. The Morgan fingerprint density at radius 1 is 0.957 bits per heavy atom. The Morgan fingerprint density at radius 2 is 1.65 bits per heavy atom. The molecule has 0 bridgehead atoms. The van der Waals surface area contributed by atoms with Crippen molar-refractivity contribution in [3.8, 4) is 5.75 Å². The topological polar surface area (TPSA) is 34.1 Å². The molecule has 124 valence electrons. The minimum absolute atomic E-state index is 0.763. The van der Waals surface area contributed by atoms with Gasteiger partial charge in [0.2, 0.25) is 0 Å². The number of rotatable bonds is 7. The molecule has 0 saturated carbocycles. The van der Waals surface area contributed by atoms with Gasteiger partial charge in [-0.05, 0) is 45.2 Å². The summed E-state index contributed by atoms with van der Waals surface area (Å²) in [7, 11) is 0. The number of pyridine rings is 1. The Labute approximate surface area is 140 Å². The summed E-state index contributed by atoms with van der Waals surface area (Å²) in [6.07, 6.45) is 3.51. The largest absolute Gasteiger partial charge is 0.493 e. The van der Waals surface area contributed by atoms with Crippen molar-refractivity contribution >= 4 is 11.5 Å². The summed E-state index contributed by atoms with van der Waals surface area (Å²) in [4.78, 5) is 4.59. The lowest BCUT2D eigenvalue weighted by Crippen LogP contribution is -2.02. The lowest BCUT2D eigenvalue weighted by atomic mass is 10.1. The third-order valence-corrected chi connectivity index (χ3v) is 3.87. The van der Waals surface area contributed by atoms with Crippen molar-refractivity contribution in [1.82, 2.24) is 4.98 Å². The third kappa shape index (κ3) is 4.98. The molecule has 0 aliphatic heterocycles. The predicted octanol–water partition coefficient (Wildman–Crippen LogP) is 5.63. The molecule has 2 rings (SSSR count). The fraction of sp³-hybridized carbons (Fsp3) is 0.450. The number of nitrogens with one attached hydrogen (secondary N) is 1. The lowest BCUT2D eigenvalue weighted by Gasteiger charge is -2.15. The Morgan fingerprint density at radius 3 is 2.30 bits per heavy atom. The number of anilines is 2. The molecule has 1 N–H and O–H groups in total. The van der Waals surface area contributed by atoms with Crippen LogP contribution in [0.15, 0.2) is 24.3 Å². The summed E-state index contributed by atoms with van der Waals surface area (Å²) in [5.74, 6) is 1.73. The molecule has 0 saturated heterocycles. The first-order valence-corrected chi connectivity index (χ1v) is 8.46. The number of ether oxygens (including phenoxy) is 1. The molecule has 1 heterocycles. The van der Waals surface area contributed by atoms with E-state index in [1.165, 1.54) is 29.5 Å². The van der Waals surface area contributed by atoms with Crippen molar-refractivity contribution in [1.29, 1.82) is 0 Å². The van der Waals surface area contributed by atoms with Crippen molar-refractivity contribution in [2.24, 2.45) is 0 Å². The van der Waals surface area contributed by atoms with Crippen LogP contribution >= 0.6 is 0 Å². The first-order valence-electron chi connectivity index (χ1n) is 8.46. The van der Waals surface area contributed by atoms with E-state index in [2.05, 4.69) is 50.1 Å². The van der Waals surface area contributed by atoms with Crippen molar-refractivity contribution in [2.45, 2.75) is 53.9 Å². The van der Waals surface area contributed by atoms with Crippen LogP contribution in [0.4, 0.5) is 11.5 Å². The predicted molar refractivity (Wildman–Crippen MR) is 97.9 cm³/mol. The SMILES string of the molecule is CCCCCOc1cc(C)nc(Nc2c(C)cc(C)cc2C)c1. The summed E-state index contributed by atoms with van der Waals surface area (Å²) < 4.78 is 5.87. The van der Waals surface area contributed by atoms with Gasteiger partial charge in [-0.15, -0.1) is 0 Å². The van der Waals surface area contributed by atoms with Crippen LogP contribution in [-0.4, -0.2) is 11.6 Å². The molecule has 0 fully saturated rings. The highest BCUT2D eigenvalue weighted by Crippen LogP contribution is 2.27. The second-order valence-corrected chi connectivity index (χ2v) is 6.28. The maximum Gasteiger partial charge on any atom is 0.134 e. The number of hydrogen-bond donors (Lipinski definition) is 1. The van der Waals surface area contributed by atoms with Gasteiger partial charge in [0.25, 0.3) is 0 Å². The first kappa shape index (κ1) is 17.3. The van der Waals surface area contributed by atoms with Crippen LogP contribution in [0.25, 0.3) is 0 Å². The van der Waals surface area contributed by atoms with Crippen LogP contribution < -0.4 is 10.1 Å².